The second kappa shape index (κ2) is 5.99. The van der Waals surface area contributed by atoms with Crippen molar-refractivity contribution in [2.45, 2.75) is 57.1 Å². The van der Waals surface area contributed by atoms with Gasteiger partial charge < -0.3 is 16.2 Å². The van der Waals surface area contributed by atoms with Crippen LogP contribution in [-0.4, -0.2) is 30.3 Å². The van der Waals surface area contributed by atoms with Crippen molar-refractivity contribution >= 4 is 0 Å². The Labute approximate surface area is 98.8 Å². The van der Waals surface area contributed by atoms with Gasteiger partial charge in [0.2, 0.25) is 0 Å². The molecule has 3 nitrogen and oxygen atoms in total. The third-order valence-electron chi connectivity index (χ3n) is 4.47. The predicted octanol–water partition coefficient (Wildman–Crippen LogP) is 1.25. The summed E-state index contributed by atoms with van der Waals surface area (Å²) in [5.41, 5.74) is 5.77. The topological polar surface area (TPSA) is 58.3 Å². The number of aliphatic hydroxyl groups is 1. The Kier molecular flexibility index (Phi) is 4.62. The van der Waals surface area contributed by atoms with Crippen molar-refractivity contribution in [2.75, 3.05) is 13.1 Å². The van der Waals surface area contributed by atoms with Crippen LogP contribution in [0.2, 0.25) is 0 Å². The summed E-state index contributed by atoms with van der Waals surface area (Å²) in [5, 5.41) is 13.5. The van der Waals surface area contributed by atoms with Crippen molar-refractivity contribution in [2.24, 2.45) is 17.6 Å². The first kappa shape index (κ1) is 12.3. The van der Waals surface area contributed by atoms with Crippen LogP contribution in [-0.2, 0) is 0 Å². The average Bonchev–Trinajstić information content (AvgIpc) is 2.75. The molecule has 3 heteroatoms. The van der Waals surface area contributed by atoms with E-state index < -0.39 is 0 Å². The molecule has 2 fully saturated rings. The van der Waals surface area contributed by atoms with Crippen LogP contribution in [0.5, 0.6) is 0 Å². The van der Waals surface area contributed by atoms with E-state index in [9.17, 15) is 5.11 Å². The van der Waals surface area contributed by atoms with Crippen LogP contribution < -0.4 is 11.1 Å². The molecule has 2 saturated carbocycles. The molecule has 4 N–H and O–H groups in total. The third-order valence-corrected chi connectivity index (χ3v) is 4.47. The zero-order valence-corrected chi connectivity index (χ0v) is 10.2. The zero-order chi connectivity index (χ0) is 11.4. The SMILES string of the molecule is NCC1CCCC1NCC1CCCCC1O. The van der Waals surface area contributed by atoms with Crippen molar-refractivity contribution in [3.05, 3.63) is 0 Å². The van der Waals surface area contributed by atoms with Crippen molar-refractivity contribution < 1.29 is 5.11 Å². The van der Waals surface area contributed by atoms with Gasteiger partial charge in [0.25, 0.3) is 0 Å². The minimum absolute atomic E-state index is 0.0704. The van der Waals surface area contributed by atoms with Gasteiger partial charge in [-0.15, -0.1) is 0 Å². The van der Waals surface area contributed by atoms with Gasteiger partial charge in [0.1, 0.15) is 0 Å². The number of aliphatic hydroxyl groups excluding tert-OH is 1. The number of hydrogen-bond acceptors (Lipinski definition) is 3. The quantitative estimate of drug-likeness (QED) is 0.676. The molecule has 0 heterocycles. The van der Waals surface area contributed by atoms with E-state index in [4.69, 9.17) is 5.73 Å². The average molecular weight is 226 g/mol. The number of nitrogens with one attached hydrogen (secondary N) is 1. The smallest absolute Gasteiger partial charge is 0.0580 e. The molecule has 0 aromatic carbocycles. The van der Waals surface area contributed by atoms with Crippen LogP contribution in [0.25, 0.3) is 0 Å². The van der Waals surface area contributed by atoms with Crippen LogP contribution in [0.1, 0.15) is 44.9 Å². The van der Waals surface area contributed by atoms with E-state index in [2.05, 4.69) is 5.32 Å². The van der Waals surface area contributed by atoms with Gasteiger partial charge in [-0.3, -0.25) is 0 Å². The molecule has 0 aliphatic heterocycles. The highest BCUT2D eigenvalue weighted by Crippen LogP contribution is 2.27. The molecular weight excluding hydrogens is 200 g/mol. The highest BCUT2D eigenvalue weighted by molar-refractivity contribution is 4.85. The van der Waals surface area contributed by atoms with E-state index in [1.165, 1.54) is 38.5 Å². The van der Waals surface area contributed by atoms with E-state index in [0.29, 0.717) is 17.9 Å². The molecule has 16 heavy (non-hydrogen) atoms. The lowest BCUT2D eigenvalue weighted by atomic mass is 9.86. The lowest BCUT2D eigenvalue weighted by molar-refractivity contribution is 0.0674. The molecule has 4 atom stereocenters. The molecule has 0 spiro atoms. The maximum atomic E-state index is 9.90. The normalized spacial score (nSPS) is 40.1. The van der Waals surface area contributed by atoms with Gasteiger partial charge >= 0.3 is 0 Å². The first-order chi connectivity index (χ1) is 7.81. The highest BCUT2D eigenvalue weighted by Gasteiger charge is 2.28. The first-order valence-electron chi connectivity index (χ1n) is 6.92. The summed E-state index contributed by atoms with van der Waals surface area (Å²) in [6.45, 7) is 1.80. The van der Waals surface area contributed by atoms with Gasteiger partial charge in [-0.25, -0.2) is 0 Å². The van der Waals surface area contributed by atoms with Gasteiger partial charge in [-0.05, 0) is 44.1 Å². The molecule has 0 bridgehead atoms. The summed E-state index contributed by atoms with van der Waals surface area (Å²) in [7, 11) is 0. The van der Waals surface area contributed by atoms with Gasteiger partial charge in [0.05, 0.1) is 6.10 Å². The van der Waals surface area contributed by atoms with Crippen LogP contribution in [0.15, 0.2) is 0 Å². The lowest BCUT2D eigenvalue weighted by Gasteiger charge is -2.30. The van der Waals surface area contributed by atoms with E-state index in [1.54, 1.807) is 0 Å². The molecule has 94 valence electrons. The van der Waals surface area contributed by atoms with Crippen molar-refractivity contribution in [3.63, 3.8) is 0 Å². The van der Waals surface area contributed by atoms with Crippen LogP contribution in [0, 0.1) is 11.8 Å². The minimum atomic E-state index is -0.0704. The van der Waals surface area contributed by atoms with Crippen molar-refractivity contribution in [3.8, 4) is 0 Å². The van der Waals surface area contributed by atoms with E-state index in [1.807, 2.05) is 0 Å². The largest absolute Gasteiger partial charge is 0.393 e. The molecule has 4 unspecified atom stereocenters. The summed E-state index contributed by atoms with van der Waals surface area (Å²) in [6.07, 6.45) is 8.46. The minimum Gasteiger partial charge on any atom is -0.393 e. The van der Waals surface area contributed by atoms with Crippen molar-refractivity contribution in [1.29, 1.82) is 0 Å². The fourth-order valence-corrected chi connectivity index (χ4v) is 3.32. The zero-order valence-electron chi connectivity index (χ0n) is 10.2. The number of hydrogen-bond donors (Lipinski definition) is 3. The Morgan fingerprint density at radius 2 is 1.75 bits per heavy atom. The van der Waals surface area contributed by atoms with Gasteiger partial charge in [0, 0.05) is 12.6 Å². The Morgan fingerprint density at radius 3 is 2.50 bits per heavy atom. The fourth-order valence-electron chi connectivity index (χ4n) is 3.32. The van der Waals surface area contributed by atoms with Crippen LogP contribution in [0.3, 0.4) is 0 Å². The monoisotopic (exact) mass is 226 g/mol. The van der Waals surface area contributed by atoms with Gasteiger partial charge in [-0.2, -0.15) is 0 Å². The molecule has 0 saturated heterocycles. The fraction of sp³-hybridized carbons (Fsp3) is 1.00. The second-order valence-corrected chi connectivity index (χ2v) is 5.55. The van der Waals surface area contributed by atoms with Crippen LogP contribution >= 0.6 is 0 Å². The molecule has 0 radical (unpaired) electrons. The predicted molar refractivity (Wildman–Crippen MR) is 66.2 cm³/mol. The summed E-state index contributed by atoms with van der Waals surface area (Å²) in [6, 6.07) is 0.610. The lowest BCUT2D eigenvalue weighted by Crippen LogP contribution is -2.42. The van der Waals surface area contributed by atoms with E-state index in [0.717, 1.165) is 19.5 Å². The Bertz CT molecular complexity index is 208. The van der Waals surface area contributed by atoms with Gasteiger partial charge in [-0.1, -0.05) is 19.3 Å². The Morgan fingerprint density at radius 1 is 1.00 bits per heavy atom. The molecular formula is C13H26N2O. The first-order valence-corrected chi connectivity index (χ1v) is 6.92. The molecule has 0 aromatic heterocycles. The van der Waals surface area contributed by atoms with E-state index in [-0.39, 0.29) is 6.10 Å². The second-order valence-electron chi connectivity index (χ2n) is 5.55. The summed E-state index contributed by atoms with van der Waals surface area (Å²) in [4.78, 5) is 0. The molecule has 2 rings (SSSR count). The number of nitrogens with two attached hydrogens (primary N) is 1. The number of rotatable bonds is 4. The molecule has 2 aliphatic carbocycles. The van der Waals surface area contributed by atoms with Gasteiger partial charge in [0.15, 0.2) is 0 Å². The summed E-state index contributed by atoms with van der Waals surface area (Å²) < 4.78 is 0. The van der Waals surface area contributed by atoms with Crippen LogP contribution in [0.4, 0.5) is 0 Å². The third kappa shape index (κ3) is 2.96. The molecule has 0 aromatic rings. The molecule has 0 amide bonds. The standard InChI is InChI=1S/C13H26N2O/c14-8-10-5-3-6-12(10)15-9-11-4-1-2-7-13(11)16/h10-13,15-16H,1-9,14H2. The maximum Gasteiger partial charge on any atom is 0.0580 e. The Balaban J connectivity index is 1.73. The Hall–Kier alpha value is -0.120. The van der Waals surface area contributed by atoms with Crippen molar-refractivity contribution in [1.82, 2.24) is 5.32 Å². The summed E-state index contributed by atoms with van der Waals surface area (Å²) in [5.74, 6) is 1.15. The maximum absolute atomic E-state index is 9.90. The summed E-state index contributed by atoms with van der Waals surface area (Å²) >= 11 is 0. The highest BCUT2D eigenvalue weighted by atomic mass is 16.3. The van der Waals surface area contributed by atoms with E-state index >= 15 is 0 Å². The molecule has 2 aliphatic rings.